The molecule has 1 aliphatic heterocycles. The summed E-state index contributed by atoms with van der Waals surface area (Å²) in [6, 6.07) is 7.91. The van der Waals surface area contributed by atoms with Crippen molar-refractivity contribution < 1.29 is 14.3 Å². The normalized spacial score (nSPS) is 20.3. The molecule has 19 heavy (non-hydrogen) atoms. The number of ether oxygens (including phenoxy) is 1. The van der Waals surface area contributed by atoms with Crippen molar-refractivity contribution in [1.29, 1.82) is 0 Å². The second-order valence-electron chi connectivity index (χ2n) is 4.98. The molecule has 3 rings (SSSR count). The van der Waals surface area contributed by atoms with Crippen LogP contribution in [0.25, 0.3) is 0 Å². The highest BCUT2D eigenvalue weighted by molar-refractivity contribution is 5.88. The lowest BCUT2D eigenvalue weighted by atomic mass is 10.1. The van der Waals surface area contributed by atoms with Crippen LogP contribution >= 0.6 is 0 Å². The quantitative estimate of drug-likeness (QED) is 0.822. The highest BCUT2D eigenvalue weighted by Crippen LogP contribution is 2.28. The Balaban J connectivity index is 1.48. The smallest absolute Gasteiger partial charge is 0.261 e. The van der Waals surface area contributed by atoms with Crippen molar-refractivity contribution >= 4 is 11.8 Å². The zero-order valence-electron chi connectivity index (χ0n) is 10.5. The Labute approximate surface area is 111 Å². The van der Waals surface area contributed by atoms with E-state index in [4.69, 9.17) is 4.74 Å². The van der Waals surface area contributed by atoms with Gasteiger partial charge in [-0.1, -0.05) is 18.2 Å². The molecule has 0 radical (unpaired) electrons. The van der Waals surface area contributed by atoms with Gasteiger partial charge in [-0.25, -0.2) is 0 Å². The number of para-hydroxylation sites is 1. The van der Waals surface area contributed by atoms with Gasteiger partial charge in [0.05, 0.1) is 6.54 Å². The summed E-state index contributed by atoms with van der Waals surface area (Å²) in [6.45, 7) is 0.0194. The van der Waals surface area contributed by atoms with Crippen LogP contribution in [-0.4, -0.2) is 30.5 Å². The van der Waals surface area contributed by atoms with Crippen LogP contribution in [0.3, 0.4) is 0 Å². The first-order valence-corrected chi connectivity index (χ1v) is 6.54. The van der Waals surface area contributed by atoms with Gasteiger partial charge < -0.3 is 15.4 Å². The molecule has 2 amide bonds. The van der Waals surface area contributed by atoms with E-state index in [2.05, 4.69) is 10.6 Å². The number of amides is 2. The highest BCUT2D eigenvalue weighted by Gasteiger charge is 2.29. The molecule has 1 atom stereocenters. The number of nitrogens with one attached hydrogen (secondary N) is 2. The molecule has 0 bridgehead atoms. The third-order valence-electron chi connectivity index (χ3n) is 3.31. The van der Waals surface area contributed by atoms with Gasteiger partial charge >= 0.3 is 0 Å². The lowest BCUT2D eigenvalue weighted by Gasteiger charge is -2.11. The first-order valence-electron chi connectivity index (χ1n) is 6.54. The third-order valence-corrected chi connectivity index (χ3v) is 3.31. The molecule has 0 spiro atoms. The van der Waals surface area contributed by atoms with Crippen LogP contribution in [0, 0.1) is 0 Å². The second kappa shape index (κ2) is 4.91. The number of carbonyl (C=O) groups is 2. The fourth-order valence-corrected chi connectivity index (χ4v) is 2.12. The molecule has 0 unspecified atom stereocenters. The number of hydrogen-bond acceptors (Lipinski definition) is 3. The molecule has 5 nitrogen and oxygen atoms in total. The maximum Gasteiger partial charge on any atom is 0.261 e. The molecule has 1 aromatic rings. The summed E-state index contributed by atoms with van der Waals surface area (Å²) in [4.78, 5) is 23.4. The van der Waals surface area contributed by atoms with Crippen LogP contribution in [-0.2, 0) is 16.0 Å². The van der Waals surface area contributed by atoms with Crippen LogP contribution in [0.2, 0.25) is 0 Å². The summed E-state index contributed by atoms with van der Waals surface area (Å²) in [5.41, 5.74) is 1.03. The Kier molecular flexibility index (Phi) is 3.11. The predicted molar refractivity (Wildman–Crippen MR) is 68.7 cm³/mol. The molecule has 1 heterocycles. The molecule has 1 aliphatic carbocycles. The second-order valence-corrected chi connectivity index (χ2v) is 4.98. The van der Waals surface area contributed by atoms with Gasteiger partial charge in [0.15, 0.2) is 6.10 Å². The van der Waals surface area contributed by atoms with Crippen LogP contribution in [0.5, 0.6) is 5.75 Å². The van der Waals surface area contributed by atoms with Crippen LogP contribution in [0.1, 0.15) is 18.4 Å². The summed E-state index contributed by atoms with van der Waals surface area (Å²) in [6.07, 6.45) is 2.12. The van der Waals surface area contributed by atoms with Crippen LogP contribution in [0.4, 0.5) is 0 Å². The highest BCUT2D eigenvalue weighted by atomic mass is 16.5. The van der Waals surface area contributed by atoms with Crippen molar-refractivity contribution in [2.45, 2.75) is 31.4 Å². The van der Waals surface area contributed by atoms with Gasteiger partial charge in [0.2, 0.25) is 5.91 Å². The van der Waals surface area contributed by atoms with E-state index in [1.54, 1.807) is 0 Å². The summed E-state index contributed by atoms with van der Waals surface area (Å²) in [5.74, 6) is 0.388. The maximum absolute atomic E-state index is 11.9. The maximum atomic E-state index is 11.9. The van der Waals surface area contributed by atoms with Crippen LogP contribution in [0.15, 0.2) is 24.3 Å². The van der Waals surface area contributed by atoms with E-state index >= 15 is 0 Å². The van der Waals surface area contributed by atoms with Crippen molar-refractivity contribution in [2.24, 2.45) is 0 Å². The molecule has 1 aromatic carbocycles. The topological polar surface area (TPSA) is 67.4 Å². The van der Waals surface area contributed by atoms with Gasteiger partial charge in [-0.2, -0.15) is 0 Å². The van der Waals surface area contributed by atoms with E-state index in [0.717, 1.165) is 24.2 Å². The molecular formula is C14H16N2O3. The van der Waals surface area contributed by atoms with Crippen molar-refractivity contribution in [3.8, 4) is 5.75 Å². The minimum atomic E-state index is -0.522. The lowest BCUT2D eigenvalue weighted by Crippen LogP contribution is -2.43. The minimum Gasteiger partial charge on any atom is -0.480 e. The molecule has 100 valence electrons. The van der Waals surface area contributed by atoms with Gasteiger partial charge in [0.1, 0.15) is 5.75 Å². The standard InChI is InChI=1S/C14H16N2O3/c17-13(16-10-5-6-10)8-15-14(18)12-7-9-3-1-2-4-11(9)19-12/h1-4,10,12H,5-8H2,(H,15,18)(H,16,17)/t12-/m0/s1. The third kappa shape index (κ3) is 2.86. The fourth-order valence-electron chi connectivity index (χ4n) is 2.12. The Morgan fingerprint density at radius 2 is 2.05 bits per heavy atom. The summed E-state index contributed by atoms with van der Waals surface area (Å²) in [5, 5.41) is 5.44. The zero-order valence-corrected chi connectivity index (χ0v) is 10.5. The zero-order chi connectivity index (χ0) is 13.2. The number of carbonyl (C=O) groups excluding carboxylic acids is 2. The number of fused-ring (bicyclic) bond motifs is 1. The number of hydrogen-bond donors (Lipinski definition) is 2. The SMILES string of the molecule is O=C(CNC(=O)[C@@H]1Cc2ccccc2O1)NC1CC1. The molecule has 0 aromatic heterocycles. The van der Waals surface area contributed by atoms with Crippen molar-refractivity contribution in [2.75, 3.05) is 6.54 Å². The molecule has 1 saturated carbocycles. The van der Waals surface area contributed by atoms with E-state index < -0.39 is 6.10 Å². The summed E-state index contributed by atoms with van der Waals surface area (Å²) < 4.78 is 5.55. The Bertz CT molecular complexity index is 486. The Hall–Kier alpha value is -2.04. The van der Waals surface area contributed by atoms with Gasteiger partial charge in [0.25, 0.3) is 5.91 Å². The average Bonchev–Trinajstić information content (AvgIpc) is 3.10. The van der Waals surface area contributed by atoms with Crippen molar-refractivity contribution in [3.05, 3.63) is 29.8 Å². The van der Waals surface area contributed by atoms with Gasteiger partial charge in [-0.3, -0.25) is 9.59 Å². The van der Waals surface area contributed by atoms with Crippen molar-refractivity contribution in [1.82, 2.24) is 10.6 Å². The first kappa shape index (κ1) is 12.0. The van der Waals surface area contributed by atoms with Crippen molar-refractivity contribution in [3.63, 3.8) is 0 Å². The molecular weight excluding hydrogens is 244 g/mol. The molecule has 5 heteroatoms. The first-order chi connectivity index (χ1) is 9.22. The van der Waals surface area contributed by atoms with E-state index in [0.29, 0.717) is 12.5 Å². The van der Waals surface area contributed by atoms with Crippen LogP contribution < -0.4 is 15.4 Å². The Morgan fingerprint density at radius 1 is 1.26 bits per heavy atom. The summed E-state index contributed by atoms with van der Waals surface area (Å²) in [7, 11) is 0. The van der Waals surface area contributed by atoms with E-state index in [-0.39, 0.29) is 18.4 Å². The Morgan fingerprint density at radius 3 is 2.79 bits per heavy atom. The molecule has 2 aliphatic rings. The number of benzene rings is 1. The van der Waals surface area contributed by atoms with E-state index in [1.807, 2.05) is 24.3 Å². The molecule has 0 saturated heterocycles. The fraction of sp³-hybridized carbons (Fsp3) is 0.429. The van der Waals surface area contributed by atoms with E-state index in [9.17, 15) is 9.59 Å². The number of rotatable bonds is 4. The lowest BCUT2D eigenvalue weighted by molar-refractivity contribution is -0.130. The minimum absolute atomic E-state index is 0.0194. The average molecular weight is 260 g/mol. The predicted octanol–water partition coefficient (Wildman–Crippen LogP) is 0.385. The van der Waals surface area contributed by atoms with E-state index in [1.165, 1.54) is 0 Å². The largest absolute Gasteiger partial charge is 0.480 e. The summed E-state index contributed by atoms with van der Waals surface area (Å²) >= 11 is 0. The van der Waals surface area contributed by atoms with Gasteiger partial charge in [-0.05, 0) is 24.5 Å². The van der Waals surface area contributed by atoms with Gasteiger partial charge in [0, 0.05) is 12.5 Å². The van der Waals surface area contributed by atoms with Gasteiger partial charge in [-0.15, -0.1) is 0 Å². The molecule has 1 fully saturated rings. The molecule has 2 N–H and O–H groups in total. The monoisotopic (exact) mass is 260 g/mol.